The van der Waals surface area contributed by atoms with Crippen molar-refractivity contribution in [2.24, 2.45) is 4.99 Å². The van der Waals surface area contributed by atoms with E-state index in [-0.39, 0.29) is 24.0 Å². The Morgan fingerprint density at radius 2 is 1.92 bits per heavy atom. The van der Waals surface area contributed by atoms with Gasteiger partial charge < -0.3 is 24.8 Å². The lowest BCUT2D eigenvalue weighted by atomic mass is 10.3. The smallest absolute Gasteiger partial charge is 0.191 e. The van der Waals surface area contributed by atoms with Crippen LogP contribution in [0.3, 0.4) is 0 Å². The minimum absolute atomic E-state index is 0. The van der Waals surface area contributed by atoms with Gasteiger partial charge in [-0.2, -0.15) is 0 Å². The third-order valence-electron chi connectivity index (χ3n) is 3.75. The third kappa shape index (κ3) is 8.59. The number of aliphatic imine (C=N–C) groups is 1. The molecule has 1 aromatic carbocycles. The van der Waals surface area contributed by atoms with Crippen LogP contribution in [0.25, 0.3) is 0 Å². The van der Waals surface area contributed by atoms with Crippen LogP contribution in [0.4, 0.5) is 0 Å². The lowest BCUT2D eigenvalue weighted by molar-refractivity contribution is 0.0389. The summed E-state index contributed by atoms with van der Waals surface area (Å²) in [5.41, 5.74) is 0. The SMILES string of the molecule is CN=C(NCCOc1cccc(OC)c1)NCCN1CCOCC1.I. The number of benzene rings is 1. The average Bonchev–Trinajstić information content (AvgIpc) is 2.64. The van der Waals surface area contributed by atoms with Gasteiger partial charge in [-0.1, -0.05) is 6.07 Å². The first kappa shape index (κ1) is 21.8. The zero-order valence-electron chi connectivity index (χ0n) is 15.0. The summed E-state index contributed by atoms with van der Waals surface area (Å²) in [5, 5.41) is 6.56. The van der Waals surface area contributed by atoms with Crippen molar-refractivity contribution in [2.75, 3.05) is 66.7 Å². The second kappa shape index (κ2) is 13.0. The Balaban J connectivity index is 0.00000312. The van der Waals surface area contributed by atoms with Crippen LogP contribution >= 0.6 is 24.0 Å². The van der Waals surface area contributed by atoms with E-state index in [1.807, 2.05) is 24.3 Å². The third-order valence-corrected chi connectivity index (χ3v) is 3.75. The zero-order chi connectivity index (χ0) is 17.0. The van der Waals surface area contributed by atoms with Gasteiger partial charge >= 0.3 is 0 Å². The van der Waals surface area contributed by atoms with Crippen molar-refractivity contribution >= 4 is 29.9 Å². The first-order valence-electron chi connectivity index (χ1n) is 8.33. The van der Waals surface area contributed by atoms with Gasteiger partial charge in [0, 0.05) is 39.3 Å². The van der Waals surface area contributed by atoms with Crippen LogP contribution < -0.4 is 20.1 Å². The second-order valence-electron chi connectivity index (χ2n) is 5.41. The van der Waals surface area contributed by atoms with Gasteiger partial charge in [0.15, 0.2) is 5.96 Å². The summed E-state index contributed by atoms with van der Waals surface area (Å²) in [4.78, 5) is 6.60. The van der Waals surface area contributed by atoms with Gasteiger partial charge in [-0.15, -0.1) is 24.0 Å². The summed E-state index contributed by atoms with van der Waals surface area (Å²) < 4.78 is 16.2. The number of hydrogen-bond acceptors (Lipinski definition) is 5. The fraction of sp³-hybridized carbons (Fsp3) is 0.588. The quantitative estimate of drug-likeness (QED) is 0.261. The number of halogens is 1. The van der Waals surface area contributed by atoms with E-state index >= 15 is 0 Å². The normalized spacial score (nSPS) is 15.2. The van der Waals surface area contributed by atoms with Crippen LogP contribution in [0.2, 0.25) is 0 Å². The molecule has 1 aliphatic rings. The molecule has 2 rings (SSSR count). The van der Waals surface area contributed by atoms with Gasteiger partial charge in [0.25, 0.3) is 0 Å². The van der Waals surface area contributed by atoms with Crippen molar-refractivity contribution in [2.45, 2.75) is 0 Å². The molecule has 142 valence electrons. The van der Waals surface area contributed by atoms with Crippen LogP contribution in [0.5, 0.6) is 11.5 Å². The van der Waals surface area contributed by atoms with Crippen molar-refractivity contribution in [3.05, 3.63) is 24.3 Å². The van der Waals surface area contributed by atoms with Gasteiger partial charge in [-0.05, 0) is 12.1 Å². The molecule has 1 aliphatic heterocycles. The second-order valence-corrected chi connectivity index (χ2v) is 5.41. The summed E-state index contributed by atoms with van der Waals surface area (Å²) in [6.07, 6.45) is 0. The fourth-order valence-electron chi connectivity index (χ4n) is 2.41. The molecule has 8 heteroatoms. The number of hydrogen-bond donors (Lipinski definition) is 2. The Labute approximate surface area is 167 Å². The maximum Gasteiger partial charge on any atom is 0.191 e. The first-order chi connectivity index (χ1) is 11.8. The first-order valence-corrected chi connectivity index (χ1v) is 8.33. The number of nitrogens with zero attached hydrogens (tertiary/aromatic N) is 2. The standard InChI is InChI=1S/C17H28N4O3.HI/c1-18-17(19-6-8-21-9-12-23-13-10-21)20-7-11-24-16-5-3-4-15(14-16)22-2;/h3-5,14H,6-13H2,1-2H3,(H2,18,19,20);1H. The fourth-order valence-corrected chi connectivity index (χ4v) is 2.41. The molecule has 7 nitrogen and oxygen atoms in total. The van der Waals surface area contributed by atoms with Gasteiger partial charge in [0.2, 0.25) is 0 Å². The van der Waals surface area contributed by atoms with Gasteiger partial charge in [-0.25, -0.2) is 0 Å². The van der Waals surface area contributed by atoms with E-state index < -0.39 is 0 Å². The van der Waals surface area contributed by atoms with E-state index in [9.17, 15) is 0 Å². The molecule has 0 saturated carbocycles. The molecular formula is C17H29IN4O3. The molecule has 0 unspecified atom stereocenters. The Bertz CT molecular complexity index is 510. The summed E-state index contributed by atoms with van der Waals surface area (Å²) in [5.74, 6) is 2.38. The molecule has 1 fully saturated rings. The highest BCUT2D eigenvalue weighted by molar-refractivity contribution is 14.0. The van der Waals surface area contributed by atoms with E-state index in [1.54, 1.807) is 14.2 Å². The van der Waals surface area contributed by atoms with Crippen molar-refractivity contribution in [3.8, 4) is 11.5 Å². The molecule has 1 heterocycles. The summed E-state index contributed by atoms with van der Waals surface area (Å²) in [7, 11) is 3.42. The predicted molar refractivity (Wildman–Crippen MR) is 111 cm³/mol. The number of methoxy groups -OCH3 is 1. The van der Waals surface area contributed by atoms with Gasteiger partial charge in [0.1, 0.15) is 18.1 Å². The van der Waals surface area contributed by atoms with Crippen LogP contribution in [0.1, 0.15) is 0 Å². The summed E-state index contributed by atoms with van der Waals surface area (Å²) in [6, 6.07) is 7.59. The number of morpholine rings is 1. The lowest BCUT2D eigenvalue weighted by Crippen LogP contribution is -2.45. The van der Waals surface area contributed by atoms with E-state index in [0.29, 0.717) is 13.2 Å². The zero-order valence-corrected chi connectivity index (χ0v) is 17.3. The molecule has 0 atom stereocenters. The maximum atomic E-state index is 5.70. The Morgan fingerprint density at radius 3 is 2.64 bits per heavy atom. The highest BCUT2D eigenvalue weighted by Crippen LogP contribution is 2.18. The molecule has 0 spiro atoms. The van der Waals surface area contributed by atoms with Crippen LogP contribution in [-0.2, 0) is 4.74 Å². The summed E-state index contributed by atoms with van der Waals surface area (Å²) >= 11 is 0. The van der Waals surface area contributed by atoms with Crippen LogP contribution in [0, 0.1) is 0 Å². The molecule has 0 bridgehead atoms. The minimum atomic E-state index is 0. The molecule has 0 aromatic heterocycles. The lowest BCUT2D eigenvalue weighted by Gasteiger charge is -2.26. The van der Waals surface area contributed by atoms with E-state index in [0.717, 1.165) is 56.9 Å². The Morgan fingerprint density at radius 1 is 1.20 bits per heavy atom. The van der Waals surface area contributed by atoms with Crippen molar-refractivity contribution in [1.29, 1.82) is 0 Å². The van der Waals surface area contributed by atoms with Gasteiger partial charge in [0.05, 0.1) is 26.9 Å². The minimum Gasteiger partial charge on any atom is -0.497 e. The number of guanidine groups is 1. The molecule has 0 radical (unpaired) electrons. The van der Waals surface area contributed by atoms with Crippen molar-refractivity contribution in [1.82, 2.24) is 15.5 Å². The molecule has 0 amide bonds. The largest absolute Gasteiger partial charge is 0.497 e. The Hall–Kier alpha value is -1.26. The summed E-state index contributed by atoms with van der Waals surface area (Å²) in [6.45, 7) is 6.74. The number of ether oxygens (including phenoxy) is 3. The molecule has 25 heavy (non-hydrogen) atoms. The topological polar surface area (TPSA) is 67.4 Å². The number of nitrogens with one attached hydrogen (secondary N) is 2. The molecule has 2 N–H and O–H groups in total. The molecule has 0 aliphatic carbocycles. The number of rotatable bonds is 8. The monoisotopic (exact) mass is 464 g/mol. The van der Waals surface area contributed by atoms with Crippen molar-refractivity contribution < 1.29 is 14.2 Å². The highest BCUT2D eigenvalue weighted by Gasteiger charge is 2.09. The van der Waals surface area contributed by atoms with Crippen LogP contribution in [-0.4, -0.2) is 77.6 Å². The predicted octanol–water partition coefficient (Wildman–Crippen LogP) is 1.19. The molecule has 1 saturated heterocycles. The van der Waals surface area contributed by atoms with E-state index in [4.69, 9.17) is 14.2 Å². The van der Waals surface area contributed by atoms with Crippen molar-refractivity contribution in [3.63, 3.8) is 0 Å². The van der Waals surface area contributed by atoms with E-state index in [2.05, 4.69) is 20.5 Å². The Kier molecular flexibility index (Phi) is 11.3. The van der Waals surface area contributed by atoms with E-state index in [1.165, 1.54) is 0 Å². The molecule has 1 aromatic rings. The maximum absolute atomic E-state index is 5.70. The molecular weight excluding hydrogens is 435 g/mol. The average molecular weight is 464 g/mol. The van der Waals surface area contributed by atoms with Crippen LogP contribution in [0.15, 0.2) is 29.3 Å². The highest BCUT2D eigenvalue weighted by atomic mass is 127. The van der Waals surface area contributed by atoms with Gasteiger partial charge in [-0.3, -0.25) is 9.89 Å².